The van der Waals surface area contributed by atoms with Crippen LogP contribution in [0.3, 0.4) is 0 Å². The number of anilines is 1. The molecule has 0 heterocycles. The number of carbonyl (C=O) groups is 2. The fraction of sp³-hybridized carbons (Fsp3) is 0.467. The van der Waals surface area contributed by atoms with Gasteiger partial charge < -0.3 is 15.4 Å². The maximum Gasteiger partial charge on any atom is 0.250 e. The molecule has 2 N–H and O–H groups in total. The lowest BCUT2D eigenvalue weighted by Crippen LogP contribution is -2.33. The minimum absolute atomic E-state index is 0.0126. The summed E-state index contributed by atoms with van der Waals surface area (Å²) in [7, 11) is 1.47. The summed E-state index contributed by atoms with van der Waals surface area (Å²) in [6, 6.07) is 7.43. The fourth-order valence-electron chi connectivity index (χ4n) is 1.70. The van der Waals surface area contributed by atoms with Crippen LogP contribution in [0, 0.1) is 0 Å². The zero-order chi connectivity index (χ0) is 15.0. The highest BCUT2D eigenvalue weighted by atomic mass is 16.5. The minimum atomic E-state index is -0.214. The number of hydrogen-bond acceptors (Lipinski definition) is 3. The largest absolute Gasteiger partial charge is 0.375 e. The monoisotopic (exact) mass is 278 g/mol. The molecule has 1 aromatic rings. The second-order valence-corrected chi connectivity index (χ2v) is 4.74. The van der Waals surface area contributed by atoms with E-state index >= 15 is 0 Å². The summed E-state index contributed by atoms with van der Waals surface area (Å²) < 4.78 is 4.75. The lowest BCUT2D eigenvalue weighted by Gasteiger charge is -2.12. The molecule has 0 fully saturated rings. The molecule has 0 saturated heterocycles. The van der Waals surface area contributed by atoms with Crippen molar-refractivity contribution in [3.8, 4) is 0 Å². The summed E-state index contributed by atoms with van der Waals surface area (Å²) in [5.74, 6) is -0.228. The standard InChI is InChI=1S/C15H22N2O3/c1-4-11(2)16-14(18)9-12-6-5-7-13(8-12)17-15(19)10-20-3/h5-8,11H,4,9-10H2,1-3H3,(H,16,18)(H,17,19). The van der Waals surface area contributed by atoms with Crippen LogP contribution in [0.25, 0.3) is 0 Å². The van der Waals surface area contributed by atoms with Gasteiger partial charge >= 0.3 is 0 Å². The van der Waals surface area contributed by atoms with E-state index in [2.05, 4.69) is 10.6 Å². The normalized spacial score (nSPS) is 11.8. The van der Waals surface area contributed by atoms with Gasteiger partial charge in [0.1, 0.15) is 6.61 Å². The van der Waals surface area contributed by atoms with Gasteiger partial charge in [0.25, 0.3) is 0 Å². The maximum atomic E-state index is 11.8. The average Bonchev–Trinajstić information content (AvgIpc) is 2.38. The number of benzene rings is 1. The van der Waals surface area contributed by atoms with Gasteiger partial charge in [-0.2, -0.15) is 0 Å². The van der Waals surface area contributed by atoms with Crippen molar-refractivity contribution in [2.75, 3.05) is 19.0 Å². The molecule has 0 saturated carbocycles. The topological polar surface area (TPSA) is 67.4 Å². The Kier molecular flexibility index (Phi) is 6.73. The Morgan fingerprint density at radius 1 is 1.30 bits per heavy atom. The molecule has 5 nitrogen and oxygen atoms in total. The van der Waals surface area contributed by atoms with E-state index in [1.54, 1.807) is 12.1 Å². The third-order valence-corrected chi connectivity index (χ3v) is 2.87. The van der Waals surface area contributed by atoms with Crippen LogP contribution in [0.5, 0.6) is 0 Å². The molecule has 110 valence electrons. The summed E-state index contributed by atoms with van der Waals surface area (Å²) in [4.78, 5) is 23.2. The number of carbonyl (C=O) groups excluding carboxylic acids is 2. The van der Waals surface area contributed by atoms with Crippen LogP contribution in [0.15, 0.2) is 24.3 Å². The molecular formula is C15H22N2O3. The third kappa shape index (κ3) is 5.84. The van der Waals surface area contributed by atoms with E-state index in [-0.39, 0.29) is 24.5 Å². The fourth-order valence-corrected chi connectivity index (χ4v) is 1.70. The Morgan fingerprint density at radius 2 is 2.05 bits per heavy atom. The SMILES string of the molecule is CCC(C)NC(=O)Cc1cccc(NC(=O)COC)c1. The Morgan fingerprint density at radius 3 is 2.70 bits per heavy atom. The lowest BCUT2D eigenvalue weighted by molar-refractivity contribution is -0.121. The first-order valence-electron chi connectivity index (χ1n) is 6.72. The smallest absolute Gasteiger partial charge is 0.250 e. The van der Waals surface area contributed by atoms with Crippen LogP contribution in [-0.2, 0) is 20.7 Å². The summed E-state index contributed by atoms with van der Waals surface area (Å²) in [6.07, 6.45) is 1.21. The van der Waals surface area contributed by atoms with Crippen molar-refractivity contribution in [1.82, 2.24) is 5.32 Å². The minimum Gasteiger partial charge on any atom is -0.375 e. The van der Waals surface area contributed by atoms with Crippen LogP contribution in [0.4, 0.5) is 5.69 Å². The van der Waals surface area contributed by atoms with Crippen molar-refractivity contribution in [3.63, 3.8) is 0 Å². The van der Waals surface area contributed by atoms with Gasteiger partial charge in [-0.05, 0) is 31.0 Å². The van der Waals surface area contributed by atoms with Crippen molar-refractivity contribution in [2.24, 2.45) is 0 Å². The molecule has 0 radical (unpaired) electrons. The highest BCUT2D eigenvalue weighted by molar-refractivity contribution is 5.91. The molecule has 0 bridgehead atoms. The molecule has 0 aliphatic rings. The van der Waals surface area contributed by atoms with Gasteiger partial charge in [-0.3, -0.25) is 9.59 Å². The van der Waals surface area contributed by atoms with E-state index in [1.165, 1.54) is 7.11 Å². The zero-order valence-corrected chi connectivity index (χ0v) is 12.2. The molecule has 0 aliphatic carbocycles. The summed E-state index contributed by atoms with van der Waals surface area (Å²) in [6.45, 7) is 4.01. The Balaban J connectivity index is 2.59. The van der Waals surface area contributed by atoms with Crippen LogP contribution >= 0.6 is 0 Å². The van der Waals surface area contributed by atoms with E-state index in [9.17, 15) is 9.59 Å². The molecule has 2 amide bonds. The molecule has 1 unspecified atom stereocenters. The second-order valence-electron chi connectivity index (χ2n) is 4.74. The molecule has 20 heavy (non-hydrogen) atoms. The zero-order valence-electron chi connectivity index (χ0n) is 12.2. The van der Waals surface area contributed by atoms with Crippen molar-refractivity contribution in [1.29, 1.82) is 0 Å². The van der Waals surface area contributed by atoms with Gasteiger partial charge in [-0.1, -0.05) is 19.1 Å². The van der Waals surface area contributed by atoms with Crippen LogP contribution in [0.1, 0.15) is 25.8 Å². The number of nitrogens with one attached hydrogen (secondary N) is 2. The molecule has 1 rings (SSSR count). The van der Waals surface area contributed by atoms with Gasteiger partial charge in [0.05, 0.1) is 6.42 Å². The molecule has 0 aromatic heterocycles. The Labute approximate surface area is 119 Å². The van der Waals surface area contributed by atoms with Gasteiger partial charge in [0, 0.05) is 18.8 Å². The van der Waals surface area contributed by atoms with Crippen LogP contribution < -0.4 is 10.6 Å². The quantitative estimate of drug-likeness (QED) is 0.798. The van der Waals surface area contributed by atoms with Gasteiger partial charge in [0.2, 0.25) is 11.8 Å². The molecule has 1 atom stereocenters. The first kappa shape index (κ1) is 16.2. The molecule has 0 spiro atoms. The van der Waals surface area contributed by atoms with Crippen molar-refractivity contribution in [2.45, 2.75) is 32.7 Å². The van der Waals surface area contributed by atoms with Crippen molar-refractivity contribution >= 4 is 17.5 Å². The van der Waals surface area contributed by atoms with E-state index in [4.69, 9.17) is 4.74 Å². The van der Waals surface area contributed by atoms with E-state index in [0.29, 0.717) is 12.1 Å². The predicted octanol–water partition coefficient (Wildman–Crippen LogP) is 1.73. The van der Waals surface area contributed by atoms with Crippen LogP contribution in [-0.4, -0.2) is 31.6 Å². The average molecular weight is 278 g/mol. The van der Waals surface area contributed by atoms with Crippen molar-refractivity contribution < 1.29 is 14.3 Å². The summed E-state index contributed by atoms with van der Waals surface area (Å²) in [5, 5.41) is 5.63. The van der Waals surface area contributed by atoms with Crippen LogP contribution in [0.2, 0.25) is 0 Å². The molecular weight excluding hydrogens is 256 g/mol. The number of methoxy groups -OCH3 is 1. The first-order valence-corrected chi connectivity index (χ1v) is 6.72. The number of hydrogen-bond donors (Lipinski definition) is 2. The number of ether oxygens (including phenoxy) is 1. The van der Waals surface area contributed by atoms with E-state index < -0.39 is 0 Å². The highest BCUT2D eigenvalue weighted by Gasteiger charge is 2.08. The number of amides is 2. The molecule has 5 heteroatoms. The number of rotatable bonds is 7. The van der Waals surface area contributed by atoms with Gasteiger partial charge in [0.15, 0.2) is 0 Å². The Bertz CT molecular complexity index is 460. The summed E-state index contributed by atoms with van der Waals surface area (Å²) >= 11 is 0. The maximum absolute atomic E-state index is 11.8. The third-order valence-electron chi connectivity index (χ3n) is 2.87. The second kappa shape index (κ2) is 8.32. The predicted molar refractivity (Wildman–Crippen MR) is 78.5 cm³/mol. The lowest BCUT2D eigenvalue weighted by atomic mass is 10.1. The first-order chi connectivity index (χ1) is 9.55. The molecule has 0 aliphatic heterocycles. The van der Waals surface area contributed by atoms with Gasteiger partial charge in [-0.15, -0.1) is 0 Å². The van der Waals surface area contributed by atoms with Gasteiger partial charge in [-0.25, -0.2) is 0 Å². The van der Waals surface area contributed by atoms with E-state index in [1.807, 2.05) is 26.0 Å². The van der Waals surface area contributed by atoms with E-state index in [0.717, 1.165) is 12.0 Å². The van der Waals surface area contributed by atoms with Crippen molar-refractivity contribution in [3.05, 3.63) is 29.8 Å². The molecule has 1 aromatic carbocycles. The summed E-state index contributed by atoms with van der Waals surface area (Å²) in [5.41, 5.74) is 1.53. The Hall–Kier alpha value is -1.88. The highest BCUT2D eigenvalue weighted by Crippen LogP contribution is 2.11.